The van der Waals surface area contributed by atoms with Crippen molar-refractivity contribution in [2.75, 3.05) is 0 Å². The third-order valence-electron chi connectivity index (χ3n) is 9.32. The highest BCUT2D eigenvalue weighted by molar-refractivity contribution is 5.79. The quantitative estimate of drug-likeness (QED) is 0.139. The lowest BCUT2D eigenvalue weighted by atomic mass is 9.95. The van der Waals surface area contributed by atoms with Crippen molar-refractivity contribution in [3.8, 4) is 79.0 Å². The fourth-order valence-electron chi connectivity index (χ4n) is 6.52. The number of rotatable bonds is 10. The maximum Gasteiger partial charge on any atom is 0.131 e. The summed E-state index contributed by atoms with van der Waals surface area (Å²) in [5, 5.41) is 0. The van der Waals surface area contributed by atoms with E-state index in [0.717, 1.165) is 34.1 Å². The molecule has 0 atom stereocenters. The predicted octanol–water partition coefficient (Wildman–Crippen LogP) is 15.6. The molecule has 58 heavy (non-hydrogen) atoms. The number of benzene rings is 9. The summed E-state index contributed by atoms with van der Waals surface area (Å²) in [4.78, 5) is 0. The molecule has 4 heteroatoms. The molecule has 0 radical (unpaired) electrons. The van der Waals surface area contributed by atoms with Crippen LogP contribution in [0, 0.1) is 5.82 Å². The molecule has 0 saturated heterocycles. The summed E-state index contributed by atoms with van der Waals surface area (Å²) in [5.41, 5.74) is 9.40. The Kier molecular flexibility index (Phi) is 11.7. The second-order valence-electron chi connectivity index (χ2n) is 13.5. The van der Waals surface area contributed by atoms with Crippen molar-refractivity contribution >= 4 is 0 Å². The van der Waals surface area contributed by atoms with Crippen LogP contribution in [0.4, 0.5) is 4.39 Å². The van der Waals surface area contributed by atoms with Gasteiger partial charge in [0.2, 0.25) is 0 Å². The van der Waals surface area contributed by atoms with Gasteiger partial charge in [0.25, 0.3) is 0 Å². The van der Waals surface area contributed by atoms with E-state index in [4.69, 9.17) is 14.2 Å². The van der Waals surface area contributed by atoms with Crippen molar-refractivity contribution in [2.24, 2.45) is 0 Å². The van der Waals surface area contributed by atoms with Gasteiger partial charge in [-0.1, -0.05) is 146 Å². The summed E-state index contributed by atoms with van der Waals surface area (Å²) in [7, 11) is 0. The fraction of sp³-hybridized carbons (Fsp3) is 0. The Morgan fingerprint density at radius 1 is 0.207 bits per heavy atom. The van der Waals surface area contributed by atoms with Gasteiger partial charge < -0.3 is 14.2 Å². The molecule has 0 unspecified atom stereocenters. The van der Waals surface area contributed by atoms with Crippen LogP contribution in [-0.4, -0.2) is 0 Å². The number of para-hydroxylation sites is 2. The molecule has 0 saturated carbocycles. The molecule has 0 aromatic heterocycles. The Hall–Kier alpha value is -7.69. The summed E-state index contributed by atoms with van der Waals surface area (Å²) in [5.74, 6) is 3.93. The maximum absolute atomic E-state index is 12.8. The molecule has 0 N–H and O–H groups in total. The highest BCUT2D eigenvalue weighted by atomic mass is 19.1. The lowest BCUT2D eigenvalue weighted by Gasteiger charge is -2.12. The van der Waals surface area contributed by atoms with E-state index in [-0.39, 0.29) is 5.82 Å². The van der Waals surface area contributed by atoms with Crippen LogP contribution < -0.4 is 14.2 Å². The Morgan fingerprint density at radius 3 is 0.931 bits per heavy atom. The van der Waals surface area contributed by atoms with Gasteiger partial charge in [-0.25, -0.2) is 4.39 Å². The minimum atomic E-state index is -0.293. The average molecular weight is 755 g/mol. The van der Waals surface area contributed by atoms with Crippen LogP contribution in [-0.2, 0) is 0 Å². The lowest BCUT2D eigenvalue weighted by molar-refractivity contribution is 0.460. The van der Waals surface area contributed by atoms with Crippen LogP contribution in [0.25, 0.3) is 44.5 Å². The second kappa shape index (κ2) is 18.3. The fourth-order valence-corrected chi connectivity index (χ4v) is 6.52. The zero-order valence-electron chi connectivity index (χ0n) is 31.6. The van der Waals surface area contributed by atoms with E-state index in [0.29, 0.717) is 11.5 Å². The van der Waals surface area contributed by atoms with Gasteiger partial charge in [-0.3, -0.25) is 0 Å². The molecule has 0 amide bonds. The summed E-state index contributed by atoms with van der Waals surface area (Å²) < 4.78 is 30.5. The monoisotopic (exact) mass is 754 g/mol. The molecule has 0 fully saturated rings. The van der Waals surface area contributed by atoms with E-state index < -0.39 is 0 Å². The first-order chi connectivity index (χ1) is 28.6. The number of hydrogen-bond donors (Lipinski definition) is 0. The van der Waals surface area contributed by atoms with Gasteiger partial charge >= 0.3 is 0 Å². The molecule has 0 aliphatic rings. The van der Waals surface area contributed by atoms with Gasteiger partial charge in [-0.2, -0.15) is 0 Å². The minimum absolute atomic E-state index is 0.293. The first kappa shape index (κ1) is 37.2. The van der Waals surface area contributed by atoms with Gasteiger partial charge in [0.1, 0.15) is 40.3 Å². The molecule has 0 heterocycles. The van der Waals surface area contributed by atoms with Gasteiger partial charge in [0, 0.05) is 12.1 Å². The van der Waals surface area contributed by atoms with Gasteiger partial charge in [0.15, 0.2) is 0 Å². The predicted molar refractivity (Wildman–Crippen MR) is 234 cm³/mol. The molecule has 9 aromatic carbocycles. The van der Waals surface area contributed by atoms with E-state index in [9.17, 15) is 4.39 Å². The highest BCUT2D eigenvalue weighted by Gasteiger charge is 2.08. The molecule has 9 aromatic rings. The number of ether oxygens (including phenoxy) is 3. The molecular formula is C54H39FO3. The van der Waals surface area contributed by atoms with Crippen molar-refractivity contribution in [1.82, 2.24) is 0 Å². The number of hydrogen-bond acceptors (Lipinski definition) is 3. The first-order valence-electron chi connectivity index (χ1n) is 19.1. The van der Waals surface area contributed by atoms with Gasteiger partial charge in [0.05, 0.1) is 0 Å². The summed E-state index contributed by atoms with van der Waals surface area (Å²) in [6.07, 6.45) is 0. The van der Waals surface area contributed by atoms with E-state index in [1.807, 2.05) is 97.1 Å². The second-order valence-corrected chi connectivity index (χ2v) is 13.5. The Morgan fingerprint density at radius 2 is 0.483 bits per heavy atom. The van der Waals surface area contributed by atoms with Gasteiger partial charge in [-0.15, -0.1) is 0 Å². The molecule has 0 aliphatic heterocycles. The molecular weight excluding hydrogens is 716 g/mol. The zero-order chi connectivity index (χ0) is 39.4. The maximum atomic E-state index is 12.8. The van der Waals surface area contributed by atoms with E-state index >= 15 is 0 Å². The van der Waals surface area contributed by atoms with Crippen LogP contribution in [0.3, 0.4) is 0 Å². The Bertz CT molecular complexity index is 2710. The van der Waals surface area contributed by atoms with Crippen LogP contribution in [0.2, 0.25) is 0 Å². The average Bonchev–Trinajstić information content (AvgIpc) is 3.28. The topological polar surface area (TPSA) is 27.7 Å². The van der Waals surface area contributed by atoms with Crippen molar-refractivity contribution in [3.05, 3.63) is 242 Å². The number of halogens is 1. The van der Waals surface area contributed by atoms with Crippen molar-refractivity contribution in [2.45, 2.75) is 0 Å². The van der Waals surface area contributed by atoms with E-state index in [1.165, 1.54) is 45.5 Å². The van der Waals surface area contributed by atoms with Gasteiger partial charge in [-0.05, 0) is 123 Å². The third kappa shape index (κ3) is 9.94. The van der Waals surface area contributed by atoms with Crippen molar-refractivity contribution in [1.29, 1.82) is 0 Å². The molecule has 0 bridgehead atoms. The van der Waals surface area contributed by atoms with Crippen LogP contribution >= 0.6 is 0 Å². The lowest BCUT2D eigenvalue weighted by Crippen LogP contribution is -1.88. The van der Waals surface area contributed by atoms with E-state index in [2.05, 4.69) is 115 Å². The molecule has 0 aliphatic carbocycles. The standard InChI is InChI=1S/C42H30O2.C12H9FO/c1-3-12-31(13-4-1)32-14-7-15-33(26-32)34-16-8-17-35(27-34)36-18-9-19-37(28-36)38-20-10-23-40(29-38)44-42-25-11-24-41(30-42)43-39-21-5-2-6-22-39;13-10-5-4-8-12(9-10)14-11-6-2-1-3-7-11/h1-30H;1-9H. The summed E-state index contributed by atoms with van der Waals surface area (Å²) in [6, 6.07) is 77.7. The largest absolute Gasteiger partial charge is 0.457 e. The summed E-state index contributed by atoms with van der Waals surface area (Å²) in [6.45, 7) is 0. The highest BCUT2D eigenvalue weighted by Crippen LogP contribution is 2.34. The molecule has 9 rings (SSSR count). The smallest absolute Gasteiger partial charge is 0.131 e. The first-order valence-corrected chi connectivity index (χ1v) is 19.1. The SMILES string of the molecule is Fc1cccc(Oc2ccccc2)c1.c1ccc(Oc2cccc(Oc3cccc(-c4cccc(-c5cccc(-c6cccc(-c7ccccc7)c6)c5)c4)c3)c2)cc1. The normalized spacial score (nSPS) is 10.5. The third-order valence-corrected chi connectivity index (χ3v) is 9.32. The van der Waals surface area contributed by atoms with Crippen LogP contribution in [0.5, 0.6) is 34.5 Å². The Balaban J connectivity index is 0.000000283. The molecule has 3 nitrogen and oxygen atoms in total. The summed E-state index contributed by atoms with van der Waals surface area (Å²) >= 11 is 0. The molecule has 0 spiro atoms. The van der Waals surface area contributed by atoms with Crippen LogP contribution in [0.15, 0.2) is 237 Å². The Labute approximate surface area is 338 Å². The van der Waals surface area contributed by atoms with Crippen molar-refractivity contribution in [3.63, 3.8) is 0 Å². The van der Waals surface area contributed by atoms with Crippen LogP contribution in [0.1, 0.15) is 0 Å². The van der Waals surface area contributed by atoms with E-state index in [1.54, 1.807) is 12.1 Å². The van der Waals surface area contributed by atoms with Crippen molar-refractivity contribution < 1.29 is 18.6 Å². The zero-order valence-corrected chi connectivity index (χ0v) is 31.6. The minimum Gasteiger partial charge on any atom is -0.457 e. The molecule has 280 valence electrons.